The van der Waals surface area contributed by atoms with Crippen molar-refractivity contribution < 1.29 is 13.2 Å². The van der Waals surface area contributed by atoms with Crippen molar-refractivity contribution in [1.29, 1.82) is 0 Å². The monoisotopic (exact) mass is 301 g/mol. The van der Waals surface area contributed by atoms with E-state index in [0.29, 0.717) is 13.1 Å². The summed E-state index contributed by atoms with van der Waals surface area (Å²) >= 11 is -0.100. The van der Waals surface area contributed by atoms with Gasteiger partial charge in [-0.25, -0.2) is 0 Å². The lowest BCUT2D eigenvalue weighted by Gasteiger charge is -2.07. The minimum atomic E-state index is -4.24. The lowest BCUT2D eigenvalue weighted by atomic mass is 10.2. The van der Waals surface area contributed by atoms with Gasteiger partial charge in [0.2, 0.25) is 0 Å². The second-order valence-electron chi connectivity index (χ2n) is 4.28. The van der Waals surface area contributed by atoms with E-state index in [2.05, 4.69) is 10.4 Å². The van der Waals surface area contributed by atoms with Crippen LogP contribution in [0.15, 0.2) is 41.4 Å². The van der Waals surface area contributed by atoms with Crippen LogP contribution in [0, 0.1) is 0 Å². The van der Waals surface area contributed by atoms with E-state index in [-0.39, 0.29) is 16.7 Å². The quantitative estimate of drug-likeness (QED) is 0.859. The van der Waals surface area contributed by atoms with Gasteiger partial charge in [-0.2, -0.15) is 18.3 Å². The van der Waals surface area contributed by atoms with E-state index in [1.54, 1.807) is 16.8 Å². The molecule has 0 aliphatic carbocycles. The standard InChI is InChI=1S/C13H14F3N3S/c1-19-7-6-11(18-19)9-17-8-10-2-4-12(5-3-10)20-13(14,15)16/h2-7,17H,8-9H2,1H3. The Balaban J connectivity index is 1.82. The number of aromatic nitrogens is 2. The summed E-state index contributed by atoms with van der Waals surface area (Å²) in [6.45, 7) is 1.22. The Bertz CT molecular complexity index is 549. The van der Waals surface area contributed by atoms with E-state index in [4.69, 9.17) is 0 Å². The van der Waals surface area contributed by atoms with Gasteiger partial charge < -0.3 is 5.32 Å². The first-order valence-corrected chi connectivity index (χ1v) is 6.78. The van der Waals surface area contributed by atoms with Gasteiger partial charge in [0.15, 0.2) is 0 Å². The van der Waals surface area contributed by atoms with Crippen LogP contribution in [0.2, 0.25) is 0 Å². The number of halogens is 3. The third-order valence-corrected chi connectivity index (χ3v) is 3.30. The van der Waals surface area contributed by atoms with Crippen LogP contribution >= 0.6 is 11.8 Å². The predicted molar refractivity (Wildman–Crippen MR) is 72.1 cm³/mol. The molecule has 0 atom stereocenters. The molecule has 2 rings (SSSR count). The molecule has 0 bridgehead atoms. The van der Waals surface area contributed by atoms with Crippen molar-refractivity contribution in [2.24, 2.45) is 7.05 Å². The molecule has 20 heavy (non-hydrogen) atoms. The van der Waals surface area contributed by atoms with Crippen molar-refractivity contribution in [1.82, 2.24) is 15.1 Å². The number of hydrogen-bond acceptors (Lipinski definition) is 3. The van der Waals surface area contributed by atoms with Crippen LogP contribution < -0.4 is 5.32 Å². The van der Waals surface area contributed by atoms with Crippen molar-refractivity contribution in [3.8, 4) is 0 Å². The molecular formula is C13H14F3N3S. The maximum absolute atomic E-state index is 12.2. The Morgan fingerprint density at radius 3 is 2.40 bits per heavy atom. The number of nitrogens with zero attached hydrogens (tertiary/aromatic N) is 2. The molecule has 0 fully saturated rings. The summed E-state index contributed by atoms with van der Waals surface area (Å²) in [5.74, 6) is 0. The lowest BCUT2D eigenvalue weighted by Crippen LogP contribution is -2.13. The largest absolute Gasteiger partial charge is 0.446 e. The highest BCUT2D eigenvalue weighted by atomic mass is 32.2. The number of rotatable bonds is 5. The second-order valence-corrected chi connectivity index (χ2v) is 5.41. The molecule has 0 radical (unpaired) electrons. The third kappa shape index (κ3) is 4.90. The Hall–Kier alpha value is -1.47. The van der Waals surface area contributed by atoms with Crippen LogP contribution in [0.1, 0.15) is 11.3 Å². The number of nitrogens with one attached hydrogen (secondary N) is 1. The summed E-state index contributed by atoms with van der Waals surface area (Å²) in [6.07, 6.45) is 1.86. The fourth-order valence-electron chi connectivity index (χ4n) is 1.70. The Morgan fingerprint density at radius 2 is 1.85 bits per heavy atom. The summed E-state index contributed by atoms with van der Waals surface area (Å²) in [6, 6.07) is 8.26. The van der Waals surface area contributed by atoms with E-state index < -0.39 is 5.51 Å². The Morgan fingerprint density at radius 1 is 1.15 bits per heavy atom. The highest BCUT2D eigenvalue weighted by molar-refractivity contribution is 8.00. The minimum absolute atomic E-state index is 0.100. The second kappa shape index (κ2) is 6.32. The maximum atomic E-state index is 12.2. The van der Waals surface area contributed by atoms with E-state index in [1.807, 2.05) is 19.3 Å². The topological polar surface area (TPSA) is 29.9 Å². The summed E-state index contributed by atoms with van der Waals surface area (Å²) in [5.41, 5.74) is -2.37. The van der Waals surface area contributed by atoms with Crippen molar-refractivity contribution in [2.75, 3.05) is 0 Å². The Labute approximate surface area is 119 Å². The summed E-state index contributed by atoms with van der Waals surface area (Å²) in [4.78, 5) is 0.200. The van der Waals surface area contributed by atoms with Crippen molar-refractivity contribution in [3.63, 3.8) is 0 Å². The molecule has 0 saturated carbocycles. The van der Waals surface area contributed by atoms with E-state index >= 15 is 0 Å². The first kappa shape index (κ1) is 14.9. The highest BCUT2D eigenvalue weighted by Gasteiger charge is 2.28. The van der Waals surface area contributed by atoms with Crippen molar-refractivity contribution in [2.45, 2.75) is 23.5 Å². The smallest absolute Gasteiger partial charge is 0.307 e. The van der Waals surface area contributed by atoms with Gasteiger partial charge in [-0.1, -0.05) is 12.1 Å². The molecule has 1 aromatic heterocycles. The van der Waals surface area contributed by atoms with Crippen LogP contribution in [0.25, 0.3) is 0 Å². The van der Waals surface area contributed by atoms with Gasteiger partial charge in [0.25, 0.3) is 0 Å². The van der Waals surface area contributed by atoms with Gasteiger partial charge in [-0.15, -0.1) is 0 Å². The normalized spacial score (nSPS) is 11.8. The first-order chi connectivity index (χ1) is 9.42. The molecule has 0 spiro atoms. The van der Waals surface area contributed by atoms with Gasteiger partial charge >= 0.3 is 5.51 Å². The molecule has 3 nitrogen and oxygen atoms in total. The fraction of sp³-hybridized carbons (Fsp3) is 0.308. The Kier molecular flexibility index (Phi) is 4.72. The van der Waals surface area contributed by atoms with E-state index in [9.17, 15) is 13.2 Å². The maximum Gasteiger partial charge on any atom is 0.446 e. The third-order valence-electron chi connectivity index (χ3n) is 2.56. The SMILES string of the molecule is Cn1ccc(CNCc2ccc(SC(F)(F)F)cc2)n1. The first-order valence-electron chi connectivity index (χ1n) is 5.96. The molecular weight excluding hydrogens is 287 g/mol. The lowest BCUT2D eigenvalue weighted by molar-refractivity contribution is -0.0328. The van der Waals surface area contributed by atoms with Gasteiger partial charge in [-0.05, 0) is 35.5 Å². The van der Waals surface area contributed by atoms with E-state index in [1.165, 1.54) is 12.1 Å². The van der Waals surface area contributed by atoms with Gasteiger partial charge in [-0.3, -0.25) is 4.68 Å². The number of aryl methyl sites for hydroxylation is 1. The molecule has 0 aliphatic rings. The van der Waals surface area contributed by atoms with Crippen LogP contribution in [0.5, 0.6) is 0 Å². The number of thioether (sulfide) groups is 1. The molecule has 0 saturated heterocycles. The summed E-state index contributed by atoms with van der Waals surface area (Å²) < 4.78 is 38.3. The molecule has 7 heteroatoms. The fourth-order valence-corrected chi connectivity index (χ4v) is 2.24. The van der Waals surface area contributed by atoms with Crippen LogP contribution in [-0.4, -0.2) is 15.3 Å². The summed E-state index contributed by atoms with van der Waals surface area (Å²) in [7, 11) is 1.85. The molecule has 1 heterocycles. The van der Waals surface area contributed by atoms with Crippen LogP contribution in [0.4, 0.5) is 13.2 Å². The molecule has 1 aromatic carbocycles. The minimum Gasteiger partial charge on any atom is -0.307 e. The number of benzene rings is 1. The number of hydrogen-bond donors (Lipinski definition) is 1. The average molecular weight is 301 g/mol. The molecule has 1 N–H and O–H groups in total. The molecule has 0 amide bonds. The van der Waals surface area contributed by atoms with Gasteiger partial charge in [0, 0.05) is 31.2 Å². The molecule has 2 aromatic rings. The predicted octanol–water partition coefficient (Wildman–Crippen LogP) is 3.32. The molecule has 0 unspecified atom stereocenters. The summed E-state index contributed by atoms with van der Waals surface area (Å²) in [5, 5.41) is 7.42. The molecule has 0 aliphatic heterocycles. The van der Waals surface area contributed by atoms with E-state index in [0.717, 1.165) is 11.3 Å². The van der Waals surface area contributed by atoms with Crippen molar-refractivity contribution >= 4 is 11.8 Å². The van der Waals surface area contributed by atoms with Crippen molar-refractivity contribution in [3.05, 3.63) is 47.8 Å². The zero-order valence-corrected chi connectivity index (χ0v) is 11.6. The van der Waals surface area contributed by atoms with Gasteiger partial charge in [0.05, 0.1) is 5.69 Å². The molecule has 108 valence electrons. The highest BCUT2D eigenvalue weighted by Crippen LogP contribution is 2.36. The zero-order valence-electron chi connectivity index (χ0n) is 10.8. The van der Waals surface area contributed by atoms with Gasteiger partial charge in [0.1, 0.15) is 0 Å². The zero-order chi connectivity index (χ0) is 14.6. The van der Waals surface area contributed by atoms with Crippen LogP contribution in [-0.2, 0) is 20.1 Å². The average Bonchev–Trinajstić information content (AvgIpc) is 2.75. The van der Waals surface area contributed by atoms with Crippen LogP contribution in [0.3, 0.4) is 0 Å². The number of alkyl halides is 3.